The van der Waals surface area contributed by atoms with Gasteiger partial charge in [-0.3, -0.25) is 14.2 Å². The smallest absolute Gasteiger partial charge is 0.269 e. The molecule has 1 atom stereocenters. The number of para-hydroxylation sites is 1. The number of benzene rings is 2. The van der Waals surface area contributed by atoms with Crippen molar-refractivity contribution in [1.29, 1.82) is 0 Å². The van der Waals surface area contributed by atoms with Crippen LogP contribution in [0.4, 0.5) is 16.2 Å². The number of nitrogens with two attached hydrogens (primary N) is 1. The highest BCUT2D eigenvalue weighted by molar-refractivity contribution is 5.86. The fraction of sp³-hybridized carbons (Fsp3) is 0.130. The Morgan fingerprint density at radius 3 is 2.62 bits per heavy atom. The van der Waals surface area contributed by atoms with Crippen LogP contribution in [0.15, 0.2) is 64.4 Å². The van der Waals surface area contributed by atoms with Crippen molar-refractivity contribution in [1.82, 2.24) is 29.5 Å². The summed E-state index contributed by atoms with van der Waals surface area (Å²) < 4.78 is 16.0. The van der Waals surface area contributed by atoms with E-state index in [0.29, 0.717) is 17.9 Å². The number of aromatic nitrogens is 6. The molecule has 0 bridgehead atoms. The van der Waals surface area contributed by atoms with E-state index >= 15 is 0 Å². The van der Waals surface area contributed by atoms with Gasteiger partial charge in [-0.1, -0.05) is 31.2 Å². The largest absolute Gasteiger partial charge is 0.368 e. The van der Waals surface area contributed by atoms with Gasteiger partial charge in [0.2, 0.25) is 5.95 Å². The van der Waals surface area contributed by atoms with Gasteiger partial charge in [0, 0.05) is 0 Å². The van der Waals surface area contributed by atoms with Gasteiger partial charge in [0.25, 0.3) is 11.1 Å². The molecule has 0 aliphatic heterocycles. The first-order valence-electron chi connectivity index (χ1n) is 10.5. The zero-order chi connectivity index (χ0) is 23.8. The molecule has 0 aliphatic carbocycles. The molecule has 3 aromatic heterocycles. The lowest BCUT2D eigenvalue weighted by Crippen LogP contribution is -2.29. The number of anilines is 2. The molecular formula is C23H19FN8O2. The van der Waals surface area contributed by atoms with Crippen molar-refractivity contribution in [2.45, 2.75) is 19.4 Å². The highest BCUT2D eigenvalue weighted by atomic mass is 19.1. The van der Waals surface area contributed by atoms with Gasteiger partial charge in [-0.25, -0.2) is 14.4 Å². The van der Waals surface area contributed by atoms with Gasteiger partial charge in [-0.05, 0) is 30.7 Å². The summed E-state index contributed by atoms with van der Waals surface area (Å²) in [5.41, 5.74) is 5.72. The number of fused-ring (bicyclic) bond motifs is 2. The van der Waals surface area contributed by atoms with E-state index in [1.165, 1.54) is 23.0 Å². The predicted octanol–water partition coefficient (Wildman–Crippen LogP) is 2.70. The Bertz CT molecular complexity index is 1650. The topological polar surface area (TPSA) is 144 Å². The van der Waals surface area contributed by atoms with Crippen LogP contribution in [0, 0.1) is 5.82 Å². The summed E-state index contributed by atoms with van der Waals surface area (Å²) in [5, 5.41) is 3.19. The van der Waals surface area contributed by atoms with E-state index in [0.717, 1.165) is 0 Å². The van der Waals surface area contributed by atoms with E-state index in [9.17, 15) is 14.0 Å². The molecule has 3 heterocycles. The monoisotopic (exact) mass is 458 g/mol. The van der Waals surface area contributed by atoms with Crippen LogP contribution >= 0.6 is 0 Å². The molecule has 0 unspecified atom stereocenters. The molecule has 10 nitrogen and oxygen atoms in total. The number of rotatable bonds is 5. The second kappa shape index (κ2) is 8.35. The molecular weight excluding hydrogens is 439 g/mol. The van der Waals surface area contributed by atoms with Crippen molar-refractivity contribution in [2.75, 3.05) is 11.1 Å². The third-order valence-corrected chi connectivity index (χ3v) is 5.43. The molecule has 0 spiro atoms. The van der Waals surface area contributed by atoms with E-state index in [1.54, 1.807) is 30.3 Å². The second-order valence-corrected chi connectivity index (χ2v) is 7.55. The normalized spacial score (nSPS) is 12.2. The Hall–Kier alpha value is -4.67. The molecule has 4 N–H and O–H groups in total. The van der Waals surface area contributed by atoms with Gasteiger partial charge in [0.15, 0.2) is 5.65 Å². The first-order chi connectivity index (χ1) is 16.5. The van der Waals surface area contributed by atoms with Gasteiger partial charge in [0.1, 0.15) is 28.2 Å². The molecule has 0 radical (unpaired) electrons. The zero-order valence-corrected chi connectivity index (χ0v) is 18.0. The fourth-order valence-corrected chi connectivity index (χ4v) is 3.88. The molecule has 0 saturated heterocycles. The predicted molar refractivity (Wildman–Crippen MR) is 126 cm³/mol. The van der Waals surface area contributed by atoms with Crippen LogP contribution in [0.3, 0.4) is 0 Å². The van der Waals surface area contributed by atoms with Crippen molar-refractivity contribution < 1.29 is 4.39 Å². The highest BCUT2D eigenvalue weighted by Crippen LogP contribution is 2.26. The Kier molecular flexibility index (Phi) is 5.21. The number of nitrogens with one attached hydrogen (secondary N) is 2. The van der Waals surface area contributed by atoms with Gasteiger partial charge < -0.3 is 16.0 Å². The Balaban J connectivity index is 1.76. The van der Waals surface area contributed by atoms with Gasteiger partial charge in [0.05, 0.1) is 23.6 Å². The van der Waals surface area contributed by atoms with Gasteiger partial charge in [-0.2, -0.15) is 9.97 Å². The first kappa shape index (κ1) is 21.2. The second-order valence-electron chi connectivity index (χ2n) is 7.55. The minimum Gasteiger partial charge on any atom is -0.368 e. The average Bonchev–Trinajstić information content (AvgIpc) is 2.82. The number of nitrogens with zero attached hydrogens (tertiary/aromatic N) is 5. The minimum atomic E-state index is -0.653. The number of aromatic amines is 1. The van der Waals surface area contributed by atoms with E-state index < -0.39 is 23.0 Å². The lowest BCUT2D eigenvalue weighted by molar-refractivity contribution is 0.630. The summed E-state index contributed by atoms with van der Waals surface area (Å²) in [6.45, 7) is 1.88. The number of hydrogen-bond donors (Lipinski definition) is 3. The first-order valence-corrected chi connectivity index (χ1v) is 10.5. The number of H-pyrrole nitrogens is 1. The summed E-state index contributed by atoms with van der Waals surface area (Å²) in [7, 11) is 0. The van der Waals surface area contributed by atoms with Crippen LogP contribution in [0.25, 0.3) is 27.6 Å². The molecule has 0 fully saturated rings. The van der Waals surface area contributed by atoms with Crippen molar-refractivity contribution in [3.63, 3.8) is 0 Å². The van der Waals surface area contributed by atoms with Crippen LogP contribution in [0.2, 0.25) is 0 Å². The number of nitrogen functional groups attached to an aromatic ring is 1. The van der Waals surface area contributed by atoms with Crippen LogP contribution in [0.1, 0.15) is 25.2 Å². The summed E-state index contributed by atoms with van der Waals surface area (Å²) in [6, 6.07) is 12.5. The third-order valence-electron chi connectivity index (χ3n) is 5.43. The zero-order valence-electron chi connectivity index (χ0n) is 18.0. The Morgan fingerprint density at radius 1 is 1.06 bits per heavy atom. The quantitative estimate of drug-likeness (QED) is 0.365. The van der Waals surface area contributed by atoms with E-state index in [1.807, 2.05) is 13.0 Å². The summed E-state index contributed by atoms with van der Waals surface area (Å²) >= 11 is 0. The Labute approximate surface area is 191 Å². The average molecular weight is 458 g/mol. The molecule has 5 aromatic rings. The summed E-state index contributed by atoms with van der Waals surface area (Å²) in [4.78, 5) is 45.4. The molecule has 0 saturated carbocycles. The third kappa shape index (κ3) is 3.52. The summed E-state index contributed by atoms with van der Waals surface area (Å²) in [6.07, 6.45) is 1.67. The molecule has 0 amide bonds. The van der Waals surface area contributed by atoms with Crippen LogP contribution in [-0.2, 0) is 0 Å². The minimum absolute atomic E-state index is 0.0723. The van der Waals surface area contributed by atoms with Gasteiger partial charge >= 0.3 is 0 Å². The molecule has 2 aromatic carbocycles. The number of hydrogen-bond acceptors (Lipinski definition) is 8. The van der Waals surface area contributed by atoms with E-state index in [2.05, 4.69) is 30.2 Å². The molecule has 11 heteroatoms. The van der Waals surface area contributed by atoms with Crippen molar-refractivity contribution >= 4 is 33.7 Å². The highest BCUT2D eigenvalue weighted by Gasteiger charge is 2.23. The van der Waals surface area contributed by atoms with Crippen molar-refractivity contribution in [3.8, 4) is 5.69 Å². The maximum absolute atomic E-state index is 14.6. The standard InChI is InChI=1S/C23H19FN8O2/c1-2-14(28-19-17-18(30-23(25)31-19)26-11-27-21(17)33)20-29-15-10-6-9-13(24)16(15)22(34)32(20)12-7-4-3-5-8-12/h3-11,14H,2H2,1H3,(H4,25,26,27,28,30,31,33)/t14-/m0/s1. The SMILES string of the molecule is CC[C@H](Nc1nc(N)nc2nc[nH]c(=O)c12)c1nc2cccc(F)c2c(=O)n1-c1ccccc1. The van der Waals surface area contributed by atoms with Crippen molar-refractivity contribution in [3.05, 3.63) is 87.2 Å². The van der Waals surface area contributed by atoms with Crippen LogP contribution in [-0.4, -0.2) is 29.5 Å². The Morgan fingerprint density at radius 2 is 1.85 bits per heavy atom. The van der Waals surface area contributed by atoms with Crippen LogP contribution < -0.4 is 22.2 Å². The van der Waals surface area contributed by atoms with Crippen molar-refractivity contribution in [2.24, 2.45) is 0 Å². The number of halogens is 1. The molecule has 34 heavy (non-hydrogen) atoms. The maximum atomic E-state index is 14.6. The molecule has 170 valence electrons. The molecule has 0 aliphatic rings. The van der Waals surface area contributed by atoms with E-state index in [-0.39, 0.29) is 33.7 Å². The lowest BCUT2D eigenvalue weighted by atomic mass is 10.1. The van der Waals surface area contributed by atoms with E-state index in [4.69, 9.17) is 5.73 Å². The summed E-state index contributed by atoms with van der Waals surface area (Å²) in [5.74, 6) is -0.254. The van der Waals surface area contributed by atoms with Gasteiger partial charge in [-0.15, -0.1) is 0 Å². The fourth-order valence-electron chi connectivity index (χ4n) is 3.88. The lowest BCUT2D eigenvalue weighted by Gasteiger charge is -2.22. The molecule has 5 rings (SSSR count). The maximum Gasteiger partial charge on any atom is 0.269 e. The van der Waals surface area contributed by atoms with Crippen LogP contribution in [0.5, 0.6) is 0 Å².